The van der Waals surface area contributed by atoms with E-state index in [-0.39, 0.29) is 18.1 Å². The van der Waals surface area contributed by atoms with Gasteiger partial charge in [-0.2, -0.15) is 0 Å². The smallest absolute Gasteiger partial charge is 0.349 e. The lowest BCUT2D eigenvalue weighted by atomic mass is 10.0. The second-order valence-corrected chi connectivity index (χ2v) is 7.31. The molecular formula is C19H23NO3S. The minimum atomic E-state index is -0.468. The van der Waals surface area contributed by atoms with E-state index >= 15 is 0 Å². The topological polar surface area (TPSA) is 55.4 Å². The number of amides is 1. The monoisotopic (exact) mass is 345 g/mol. The molecule has 1 amide bonds. The fraction of sp³-hybridized carbons (Fsp3) is 0.368. The number of nitrogens with one attached hydrogen (secondary N) is 1. The lowest BCUT2D eigenvalue weighted by Crippen LogP contribution is -2.44. The van der Waals surface area contributed by atoms with Crippen LogP contribution in [-0.4, -0.2) is 24.0 Å². The predicted molar refractivity (Wildman–Crippen MR) is 97.3 cm³/mol. The molecule has 1 aromatic heterocycles. The summed E-state index contributed by atoms with van der Waals surface area (Å²) in [6.45, 7) is 7.60. The van der Waals surface area contributed by atoms with Crippen molar-refractivity contribution in [2.24, 2.45) is 0 Å². The van der Waals surface area contributed by atoms with Gasteiger partial charge in [-0.25, -0.2) is 4.79 Å². The van der Waals surface area contributed by atoms with E-state index < -0.39 is 5.97 Å². The molecule has 1 heterocycles. The molecule has 1 aromatic carbocycles. The Balaban J connectivity index is 2.03. The van der Waals surface area contributed by atoms with E-state index in [1.807, 2.05) is 63.4 Å². The van der Waals surface area contributed by atoms with Crippen molar-refractivity contribution in [3.05, 3.63) is 46.2 Å². The molecule has 0 saturated carbocycles. The standard InChI is InChI=1S/C19H23NO3S/c1-5-19(3,4)20-16(21)12-23-18(22)17-15(10-11-24-17)14-8-6-13(2)7-9-14/h6-11H,5,12H2,1-4H3,(H,20,21). The third kappa shape index (κ3) is 4.68. The molecule has 0 radical (unpaired) electrons. The average molecular weight is 345 g/mol. The Bertz CT molecular complexity index is 716. The third-order valence-electron chi connectivity index (χ3n) is 3.91. The third-order valence-corrected chi connectivity index (χ3v) is 4.80. The average Bonchev–Trinajstić information content (AvgIpc) is 3.02. The van der Waals surface area contributed by atoms with Gasteiger partial charge in [-0.15, -0.1) is 11.3 Å². The summed E-state index contributed by atoms with van der Waals surface area (Å²) in [5, 5.41) is 4.70. The fourth-order valence-electron chi connectivity index (χ4n) is 2.13. The first-order chi connectivity index (χ1) is 11.3. The maximum atomic E-state index is 12.3. The summed E-state index contributed by atoms with van der Waals surface area (Å²) >= 11 is 1.32. The van der Waals surface area contributed by atoms with Crippen LogP contribution in [0.1, 0.15) is 42.4 Å². The van der Waals surface area contributed by atoms with Gasteiger partial charge >= 0.3 is 5.97 Å². The highest BCUT2D eigenvalue weighted by Gasteiger charge is 2.20. The Morgan fingerprint density at radius 1 is 1.17 bits per heavy atom. The predicted octanol–water partition coefficient (Wildman–Crippen LogP) is 4.19. The number of ether oxygens (including phenoxy) is 1. The van der Waals surface area contributed by atoms with Crippen LogP contribution in [0.2, 0.25) is 0 Å². The van der Waals surface area contributed by atoms with Gasteiger partial charge in [0.25, 0.3) is 5.91 Å². The summed E-state index contributed by atoms with van der Waals surface area (Å²) in [5.41, 5.74) is 2.65. The van der Waals surface area contributed by atoms with Crippen molar-refractivity contribution in [1.29, 1.82) is 0 Å². The van der Waals surface area contributed by atoms with Crippen molar-refractivity contribution in [1.82, 2.24) is 5.32 Å². The Labute approximate surface area is 146 Å². The zero-order chi connectivity index (χ0) is 17.7. The van der Waals surface area contributed by atoms with Crippen molar-refractivity contribution in [2.45, 2.75) is 39.7 Å². The minimum absolute atomic E-state index is 0.270. The van der Waals surface area contributed by atoms with Gasteiger partial charge in [0.1, 0.15) is 4.88 Å². The lowest BCUT2D eigenvalue weighted by Gasteiger charge is -2.24. The fourth-order valence-corrected chi connectivity index (χ4v) is 2.93. The number of aryl methyl sites for hydroxylation is 1. The van der Waals surface area contributed by atoms with E-state index in [2.05, 4.69) is 5.32 Å². The van der Waals surface area contributed by atoms with E-state index in [0.717, 1.165) is 23.1 Å². The summed E-state index contributed by atoms with van der Waals surface area (Å²) in [7, 11) is 0. The number of thiophene rings is 1. The number of carbonyl (C=O) groups is 2. The number of hydrogen-bond acceptors (Lipinski definition) is 4. The maximum absolute atomic E-state index is 12.3. The molecule has 24 heavy (non-hydrogen) atoms. The van der Waals surface area contributed by atoms with Crippen LogP contribution in [-0.2, 0) is 9.53 Å². The minimum Gasteiger partial charge on any atom is -0.451 e. The van der Waals surface area contributed by atoms with Gasteiger partial charge in [0.2, 0.25) is 0 Å². The van der Waals surface area contributed by atoms with E-state index in [1.165, 1.54) is 11.3 Å². The van der Waals surface area contributed by atoms with Gasteiger partial charge < -0.3 is 10.1 Å². The number of rotatable bonds is 6. The summed E-state index contributed by atoms with van der Waals surface area (Å²) < 4.78 is 5.18. The number of hydrogen-bond donors (Lipinski definition) is 1. The SMILES string of the molecule is CCC(C)(C)NC(=O)COC(=O)c1sccc1-c1ccc(C)cc1. The quantitative estimate of drug-likeness (QED) is 0.799. The zero-order valence-corrected chi connectivity index (χ0v) is 15.3. The Morgan fingerprint density at radius 3 is 2.46 bits per heavy atom. The van der Waals surface area contributed by atoms with E-state index in [9.17, 15) is 9.59 Å². The van der Waals surface area contributed by atoms with Gasteiger partial charge in [0, 0.05) is 11.1 Å². The van der Waals surface area contributed by atoms with Gasteiger partial charge in [-0.1, -0.05) is 36.8 Å². The van der Waals surface area contributed by atoms with Crippen LogP contribution < -0.4 is 5.32 Å². The summed E-state index contributed by atoms with van der Waals surface area (Å²) in [6, 6.07) is 9.85. The van der Waals surface area contributed by atoms with Crippen molar-refractivity contribution in [3.8, 4) is 11.1 Å². The molecule has 0 saturated heterocycles. The maximum Gasteiger partial charge on any atom is 0.349 e. The molecule has 0 aliphatic carbocycles. The molecule has 0 aliphatic heterocycles. The summed E-state index contributed by atoms with van der Waals surface area (Å²) in [4.78, 5) is 24.7. The first-order valence-electron chi connectivity index (χ1n) is 7.95. The highest BCUT2D eigenvalue weighted by molar-refractivity contribution is 7.12. The van der Waals surface area contributed by atoms with Crippen molar-refractivity contribution in [3.63, 3.8) is 0 Å². The Morgan fingerprint density at radius 2 is 1.83 bits per heavy atom. The van der Waals surface area contributed by atoms with Gasteiger partial charge in [-0.05, 0) is 44.2 Å². The van der Waals surface area contributed by atoms with Crippen LogP contribution in [0.25, 0.3) is 11.1 Å². The largest absolute Gasteiger partial charge is 0.451 e. The molecule has 0 unspecified atom stereocenters. The van der Waals surface area contributed by atoms with Crippen LogP contribution in [0.4, 0.5) is 0 Å². The Hall–Kier alpha value is -2.14. The number of carbonyl (C=O) groups excluding carboxylic acids is 2. The summed E-state index contributed by atoms with van der Waals surface area (Å²) in [5.74, 6) is -0.756. The van der Waals surface area contributed by atoms with Crippen LogP contribution in [0.3, 0.4) is 0 Å². The molecule has 0 aliphatic rings. The highest BCUT2D eigenvalue weighted by atomic mass is 32.1. The first-order valence-corrected chi connectivity index (χ1v) is 8.83. The van der Waals surface area contributed by atoms with Gasteiger partial charge in [0.15, 0.2) is 6.61 Å². The highest BCUT2D eigenvalue weighted by Crippen LogP contribution is 2.29. The second-order valence-electron chi connectivity index (χ2n) is 6.39. The first kappa shape index (κ1) is 18.2. The molecule has 0 spiro atoms. The molecule has 5 heteroatoms. The van der Waals surface area contributed by atoms with Gasteiger partial charge in [0.05, 0.1) is 0 Å². The normalized spacial score (nSPS) is 11.2. The second kappa shape index (κ2) is 7.62. The molecule has 0 atom stereocenters. The van der Waals surface area contributed by atoms with Crippen LogP contribution in [0, 0.1) is 6.92 Å². The van der Waals surface area contributed by atoms with Crippen LogP contribution in [0.5, 0.6) is 0 Å². The molecule has 2 aromatic rings. The molecule has 2 rings (SSSR count). The summed E-state index contributed by atoms with van der Waals surface area (Å²) in [6.07, 6.45) is 0.801. The van der Waals surface area contributed by atoms with E-state index in [4.69, 9.17) is 4.74 Å². The van der Waals surface area contributed by atoms with Gasteiger partial charge in [-0.3, -0.25) is 4.79 Å². The van der Waals surface area contributed by atoms with Crippen molar-refractivity contribution in [2.75, 3.05) is 6.61 Å². The molecule has 4 nitrogen and oxygen atoms in total. The lowest BCUT2D eigenvalue weighted by molar-refractivity contribution is -0.125. The van der Waals surface area contributed by atoms with Crippen molar-refractivity contribution < 1.29 is 14.3 Å². The zero-order valence-electron chi connectivity index (χ0n) is 14.5. The Kier molecular flexibility index (Phi) is 5.78. The van der Waals surface area contributed by atoms with Crippen LogP contribution >= 0.6 is 11.3 Å². The van der Waals surface area contributed by atoms with E-state index in [1.54, 1.807) is 0 Å². The van der Waals surface area contributed by atoms with E-state index in [0.29, 0.717) is 4.88 Å². The molecule has 128 valence electrons. The molecular weight excluding hydrogens is 322 g/mol. The molecule has 0 bridgehead atoms. The number of benzene rings is 1. The van der Waals surface area contributed by atoms with Crippen LogP contribution in [0.15, 0.2) is 35.7 Å². The van der Waals surface area contributed by atoms with Crippen molar-refractivity contribution >= 4 is 23.2 Å². The number of esters is 1. The molecule has 0 fully saturated rings. The molecule has 1 N–H and O–H groups in total.